The quantitative estimate of drug-likeness (QED) is 0.211. The van der Waals surface area contributed by atoms with Crippen molar-refractivity contribution in [1.29, 1.82) is 0 Å². The van der Waals surface area contributed by atoms with Crippen LogP contribution in [-0.2, 0) is 12.6 Å². The molecule has 43 heavy (non-hydrogen) atoms. The number of alkyl halides is 5. The Morgan fingerprint density at radius 3 is 2.58 bits per heavy atom. The molecule has 1 unspecified atom stereocenters. The molecule has 2 aromatic carbocycles. The van der Waals surface area contributed by atoms with Gasteiger partial charge in [0, 0.05) is 22.7 Å². The van der Waals surface area contributed by atoms with Crippen LogP contribution in [0.5, 0.6) is 17.4 Å². The van der Waals surface area contributed by atoms with E-state index in [0.717, 1.165) is 0 Å². The lowest BCUT2D eigenvalue weighted by molar-refractivity contribution is -0.286. The number of carboxylic acid groups (broad SMARTS) is 1. The summed E-state index contributed by atoms with van der Waals surface area (Å²) in [5.41, 5.74) is 0.432. The van der Waals surface area contributed by atoms with Crippen molar-refractivity contribution in [3.63, 3.8) is 0 Å². The van der Waals surface area contributed by atoms with Gasteiger partial charge in [0.05, 0.1) is 22.2 Å². The van der Waals surface area contributed by atoms with E-state index in [1.807, 2.05) is 0 Å². The average molecular weight is 620 g/mol. The van der Waals surface area contributed by atoms with Gasteiger partial charge in [-0.2, -0.15) is 18.3 Å². The number of aromatic nitrogens is 3. The molecule has 2 atom stereocenters. The van der Waals surface area contributed by atoms with Crippen LogP contribution in [0.1, 0.15) is 64.0 Å². The van der Waals surface area contributed by atoms with E-state index in [1.54, 1.807) is 19.1 Å². The lowest BCUT2D eigenvalue weighted by atomic mass is 9.95. The van der Waals surface area contributed by atoms with Crippen molar-refractivity contribution in [3.05, 3.63) is 88.9 Å². The number of rotatable bonds is 7. The number of thioether (sulfide) groups is 1. The molecule has 0 saturated heterocycles. The van der Waals surface area contributed by atoms with E-state index in [-0.39, 0.29) is 34.9 Å². The molecule has 4 aromatic rings. The molecule has 2 aromatic heterocycles. The number of pyridine rings is 1. The zero-order chi connectivity index (χ0) is 30.5. The molecule has 0 amide bonds. The zero-order valence-corrected chi connectivity index (χ0v) is 23.1. The number of aromatic carboxylic acids is 1. The molecular weight excluding hydrogens is 597 g/mol. The van der Waals surface area contributed by atoms with Crippen LogP contribution in [0.3, 0.4) is 0 Å². The molecule has 8 nitrogen and oxygen atoms in total. The van der Waals surface area contributed by atoms with Crippen molar-refractivity contribution in [1.82, 2.24) is 14.8 Å². The van der Waals surface area contributed by atoms with E-state index in [9.17, 15) is 31.9 Å². The van der Waals surface area contributed by atoms with Crippen molar-refractivity contribution in [2.75, 3.05) is 0 Å². The number of halogens is 5. The van der Waals surface area contributed by atoms with Gasteiger partial charge in [-0.05, 0) is 74.2 Å². The number of benzene rings is 2. The summed E-state index contributed by atoms with van der Waals surface area (Å²) in [6, 6.07) is 13.4. The third-order valence-electron chi connectivity index (χ3n) is 7.02. The molecule has 1 aliphatic heterocycles. The lowest BCUT2D eigenvalue weighted by Crippen LogP contribution is -2.25. The number of fused-ring (bicyclic) bond motifs is 2. The number of carbonyl (C=O) groups is 1. The number of carboxylic acids is 1. The highest BCUT2D eigenvalue weighted by Gasteiger charge is 2.44. The zero-order valence-electron chi connectivity index (χ0n) is 22.3. The van der Waals surface area contributed by atoms with Crippen LogP contribution in [0.25, 0.3) is 5.69 Å². The van der Waals surface area contributed by atoms with Crippen molar-refractivity contribution < 1.29 is 46.1 Å². The van der Waals surface area contributed by atoms with Crippen molar-refractivity contribution in [2.24, 2.45) is 0 Å². The topological polar surface area (TPSA) is 95.7 Å². The smallest absolute Gasteiger partial charge is 0.478 e. The minimum absolute atomic E-state index is 0.0788. The maximum Gasteiger partial charge on any atom is 0.586 e. The van der Waals surface area contributed by atoms with Crippen LogP contribution in [0.4, 0.5) is 22.0 Å². The van der Waals surface area contributed by atoms with E-state index in [0.29, 0.717) is 34.7 Å². The van der Waals surface area contributed by atoms with Crippen molar-refractivity contribution in [2.45, 2.75) is 54.9 Å². The Hall–Kier alpha value is -4.33. The molecular formula is C29H22F5N3O5S. The minimum Gasteiger partial charge on any atom is -0.478 e. The Bertz CT molecular complexity index is 1690. The van der Waals surface area contributed by atoms with Gasteiger partial charge in [-0.1, -0.05) is 6.07 Å². The summed E-state index contributed by atoms with van der Waals surface area (Å²) in [4.78, 5) is 16.1. The number of hydrogen-bond acceptors (Lipinski definition) is 7. The molecule has 1 aliphatic carbocycles. The first kappa shape index (κ1) is 28.8. The number of hydrogen-bond donors (Lipinski definition) is 1. The van der Waals surface area contributed by atoms with E-state index in [1.165, 1.54) is 65.1 Å². The third-order valence-corrected chi connectivity index (χ3v) is 8.31. The second kappa shape index (κ2) is 10.7. The summed E-state index contributed by atoms with van der Waals surface area (Å²) >= 11 is 1.34. The highest BCUT2D eigenvalue weighted by Crippen LogP contribution is 2.48. The molecule has 0 bridgehead atoms. The number of nitrogens with zero attached hydrogens (tertiary/aromatic N) is 3. The average Bonchev–Trinajstić information content (AvgIpc) is 3.50. The third kappa shape index (κ3) is 5.83. The van der Waals surface area contributed by atoms with Gasteiger partial charge < -0.3 is 19.3 Å². The maximum atomic E-state index is 14.1. The van der Waals surface area contributed by atoms with Gasteiger partial charge in [-0.15, -0.1) is 20.5 Å². The van der Waals surface area contributed by atoms with E-state index < -0.39 is 35.5 Å². The van der Waals surface area contributed by atoms with Gasteiger partial charge >= 0.3 is 18.4 Å². The largest absolute Gasteiger partial charge is 0.586 e. The predicted molar refractivity (Wildman–Crippen MR) is 143 cm³/mol. The van der Waals surface area contributed by atoms with E-state index in [4.69, 9.17) is 4.74 Å². The fourth-order valence-corrected chi connectivity index (χ4v) is 6.34. The highest BCUT2D eigenvalue weighted by atomic mass is 32.2. The molecule has 1 N–H and O–H groups in total. The summed E-state index contributed by atoms with van der Waals surface area (Å²) in [5, 5.41) is 12.8. The maximum absolute atomic E-state index is 14.1. The molecule has 2 aliphatic rings. The molecule has 6 rings (SSSR count). The van der Waals surface area contributed by atoms with Crippen molar-refractivity contribution >= 4 is 17.7 Å². The van der Waals surface area contributed by atoms with Crippen LogP contribution in [0.15, 0.2) is 65.7 Å². The van der Waals surface area contributed by atoms with E-state index >= 15 is 0 Å². The second-order valence-electron chi connectivity index (χ2n) is 9.94. The molecule has 0 radical (unpaired) electrons. The van der Waals surface area contributed by atoms with Gasteiger partial charge in [-0.25, -0.2) is 14.5 Å². The molecule has 3 heterocycles. The summed E-state index contributed by atoms with van der Waals surface area (Å²) in [7, 11) is 0. The first-order chi connectivity index (χ1) is 20.4. The van der Waals surface area contributed by atoms with Crippen LogP contribution in [0, 0.1) is 0 Å². The normalized spacial score (nSPS) is 17.8. The Balaban J connectivity index is 1.31. The van der Waals surface area contributed by atoms with Gasteiger partial charge in [0.25, 0.3) is 0 Å². The molecule has 14 heteroatoms. The highest BCUT2D eigenvalue weighted by molar-refractivity contribution is 7.99. The van der Waals surface area contributed by atoms with Crippen molar-refractivity contribution in [3.8, 4) is 23.1 Å². The lowest BCUT2D eigenvalue weighted by Gasteiger charge is -2.24. The standard InChI is InChI=1S/C29H22F5N3O5S/c1-15(17-7-10-21-22(13-17)42-29(33,34)41-21)40-24-14-18(11-12-35-24)37-25-20(26(36-37)28(30,31)32)3-2-4-23(25)43-19-8-5-16(6-9-19)27(38)39/h5-15,23H,2-4H2,1H3,(H,38,39)/t15?,23-/m0/s1. The second-order valence-corrected chi connectivity index (χ2v) is 11.2. The summed E-state index contributed by atoms with van der Waals surface area (Å²) < 4.78 is 85.3. The Morgan fingerprint density at radius 1 is 1.12 bits per heavy atom. The van der Waals surface area contributed by atoms with Crippen LogP contribution < -0.4 is 14.2 Å². The monoisotopic (exact) mass is 619 g/mol. The SMILES string of the molecule is CC(Oc1cc(-n2nc(C(F)(F)F)c3c2[C@@H](Sc2ccc(C(=O)O)cc2)CCC3)ccn1)c1ccc2c(c1)OC(F)(F)O2. The van der Waals surface area contributed by atoms with Gasteiger partial charge in [0.15, 0.2) is 17.2 Å². The Morgan fingerprint density at radius 2 is 1.86 bits per heavy atom. The molecule has 224 valence electrons. The molecule has 0 fully saturated rings. The Kier molecular flexibility index (Phi) is 7.19. The Labute approximate surface area is 245 Å². The van der Waals surface area contributed by atoms with Gasteiger partial charge in [0.2, 0.25) is 5.88 Å². The number of ether oxygens (including phenoxy) is 3. The molecule has 0 spiro atoms. The van der Waals surface area contributed by atoms with Crippen LogP contribution >= 0.6 is 11.8 Å². The summed E-state index contributed by atoms with van der Waals surface area (Å²) in [5.74, 6) is -1.26. The molecule has 0 saturated carbocycles. The van der Waals surface area contributed by atoms with Gasteiger partial charge in [-0.3, -0.25) is 0 Å². The fraction of sp³-hybridized carbons (Fsp3) is 0.276. The first-order valence-corrected chi connectivity index (χ1v) is 14.0. The minimum atomic E-state index is -4.68. The predicted octanol–water partition coefficient (Wildman–Crippen LogP) is 7.62. The fourth-order valence-electron chi connectivity index (χ4n) is 5.08. The summed E-state index contributed by atoms with van der Waals surface area (Å²) in [6.07, 6.45) is -6.45. The summed E-state index contributed by atoms with van der Waals surface area (Å²) in [6.45, 7) is 1.66. The van der Waals surface area contributed by atoms with Crippen LogP contribution in [0.2, 0.25) is 0 Å². The first-order valence-electron chi connectivity index (χ1n) is 13.1. The van der Waals surface area contributed by atoms with Gasteiger partial charge in [0.1, 0.15) is 6.10 Å². The van der Waals surface area contributed by atoms with Crippen LogP contribution in [-0.4, -0.2) is 32.1 Å². The van der Waals surface area contributed by atoms with E-state index in [2.05, 4.69) is 19.6 Å².